The molecule has 0 aliphatic carbocycles. The zero-order valence-electron chi connectivity index (χ0n) is 19.9. The molecule has 0 spiro atoms. The van der Waals surface area contributed by atoms with Crippen molar-refractivity contribution in [3.8, 4) is 10.7 Å². The minimum atomic E-state index is -3.77. The summed E-state index contributed by atoms with van der Waals surface area (Å²) in [5.74, 6) is -0.0393. The van der Waals surface area contributed by atoms with Gasteiger partial charge in [-0.1, -0.05) is 18.2 Å². The van der Waals surface area contributed by atoms with Gasteiger partial charge in [-0.25, -0.2) is 13.4 Å². The molecule has 3 heterocycles. The lowest BCUT2D eigenvalue weighted by Gasteiger charge is -2.24. The molecule has 33 heavy (non-hydrogen) atoms. The third kappa shape index (κ3) is 3.77. The zero-order chi connectivity index (χ0) is 24.1. The van der Waals surface area contributed by atoms with Crippen LogP contribution in [0.3, 0.4) is 0 Å². The number of fused-ring (bicyclic) bond motifs is 1. The molecule has 9 heteroatoms. The lowest BCUT2D eigenvalue weighted by molar-refractivity contribution is 0.0777. The Bertz CT molecular complexity index is 1320. The SMILES string of the molecule is CCN(CC)C(=O)c1sc(-c2cc(S(=O)(=O)N3c4ccccc4C[C@@H]3C)c(C)n2C)nc1C. The first-order chi connectivity index (χ1) is 15.6. The van der Waals surface area contributed by atoms with Crippen LogP contribution >= 0.6 is 11.3 Å². The van der Waals surface area contributed by atoms with E-state index in [0.717, 1.165) is 11.3 Å². The number of anilines is 1. The summed E-state index contributed by atoms with van der Waals surface area (Å²) in [6, 6.07) is 9.20. The van der Waals surface area contributed by atoms with Crippen molar-refractivity contribution in [2.45, 2.75) is 52.0 Å². The molecule has 7 nitrogen and oxygen atoms in total. The molecule has 1 aromatic carbocycles. The molecule has 1 amide bonds. The van der Waals surface area contributed by atoms with E-state index in [1.54, 1.807) is 11.0 Å². The summed E-state index contributed by atoms with van der Waals surface area (Å²) in [6.07, 6.45) is 0.691. The number of aryl methyl sites for hydroxylation is 1. The average Bonchev–Trinajstić information content (AvgIpc) is 3.42. The van der Waals surface area contributed by atoms with Crippen LogP contribution in [0.15, 0.2) is 35.2 Å². The van der Waals surface area contributed by atoms with Crippen LogP contribution in [0.2, 0.25) is 0 Å². The van der Waals surface area contributed by atoms with E-state index in [1.807, 2.05) is 70.5 Å². The molecule has 1 aliphatic heterocycles. The number of hydrogen-bond acceptors (Lipinski definition) is 5. The molecular weight excluding hydrogens is 456 g/mol. The molecule has 176 valence electrons. The maximum Gasteiger partial charge on any atom is 0.266 e. The fraction of sp³-hybridized carbons (Fsp3) is 0.417. The normalized spacial score (nSPS) is 15.7. The van der Waals surface area contributed by atoms with Crippen LogP contribution < -0.4 is 4.31 Å². The third-order valence-electron chi connectivity index (χ3n) is 6.43. The van der Waals surface area contributed by atoms with Gasteiger partial charge in [0.05, 0.1) is 17.1 Å². The number of carbonyl (C=O) groups excluding carboxylic acids is 1. The second-order valence-corrected chi connectivity index (χ2v) is 11.2. The quantitative estimate of drug-likeness (QED) is 0.518. The number of sulfonamides is 1. The number of para-hydroxylation sites is 1. The van der Waals surface area contributed by atoms with Gasteiger partial charge >= 0.3 is 0 Å². The van der Waals surface area contributed by atoms with Gasteiger partial charge in [-0.3, -0.25) is 9.10 Å². The molecule has 4 rings (SSSR count). The monoisotopic (exact) mass is 486 g/mol. The van der Waals surface area contributed by atoms with Crippen LogP contribution in [0.25, 0.3) is 10.7 Å². The van der Waals surface area contributed by atoms with Gasteiger partial charge in [0, 0.05) is 31.9 Å². The highest BCUT2D eigenvalue weighted by Gasteiger charge is 2.38. The van der Waals surface area contributed by atoms with Crippen LogP contribution in [0, 0.1) is 13.8 Å². The first-order valence-electron chi connectivity index (χ1n) is 11.2. The molecule has 0 unspecified atom stereocenters. The minimum Gasteiger partial charge on any atom is -0.345 e. The number of aromatic nitrogens is 2. The van der Waals surface area contributed by atoms with Gasteiger partial charge in [0.2, 0.25) is 0 Å². The molecule has 2 aromatic heterocycles. The van der Waals surface area contributed by atoms with E-state index in [1.165, 1.54) is 15.6 Å². The van der Waals surface area contributed by atoms with Crippen molar-refractivity contribution >= 4 is 33.0 Å². The molecule has 3 aromatic rings. The number of hydrogen-bond donors (Lipinski definition) is 0. The molecule has 0 saturated carbocycles. The maximum absolute atomic E-state index is 13.8. The Labute approximate surface area is 199 Å². The third-order valence-corrected chi connectivity index (χ3v) is 9.64. The number of amides is 1. The second kappa shape index (κ2) is 8.61. The van der Waals surface area contributed by atoms with Crippen molar-refractivity contribution in [3.05, 3.63) is 52.2 Å². The Balaban J connectivity index is 1.77. The van der Waals surface area contributed by atoms with E-state index in [2.05, 4.69) is 4.98 Å². The summed E-state index contributed by atoms with van der Waals surface area (Å²) in [5, 5.41) is 0.643. The zero-order valence-corrected chi connectivity index (χ0v) is 21.5. The molecule has 0 fully saturated rings. The Morgan fingerprint density at radius 2 is 1.88 bits per heavy atom. The predicted octanol–water partition coefficient (Wildman–Crippen LogP) is 4.39. The lowest BCUT2D eigenvalue weighted by atomic mass is 10.1. The first kappa shape index (κ1) is 23.5. The molecule has 0 saturated heterocycles. The smallest absolute Gasteiger partial charge is 0.266 e. The van der Waals surface area contributed by atoms with E-state index in [9.17, 15) is 13.2 Å². The van der Waals surface area contributed by atoms with Crippen molar-refractivity contribution in [1.82, 2.24) is 14.5 Å². The highest BCUT2D eigenvalue weighted by Crippen LogP contribution is 2.39. The van der Waals surface area contributed by atoms with Crippen molar-refractivity contribution in [2.24, 2.45) is 7.05 Å². The van der Waals surface area contributed by atoms with E-state index in [-0.39, 0.29) is 16.8 Å². The number of rotatable bonds is 6. The number of thiazole rings is 1. The van der Waals surface area contributed by atoms with E-state index < -0.39 is 10.0 Å². The maximum atomic E-state index is 13.8. The molecule has 0 N–H and O–H groups in total. The highest BCUT2D eigenvalue weighted by molar-refractivity contribution is 7.93. The molecule has 0 radical (unpaired) electrons. The first-order valence-corrected chi connectivity index (χ1v) is 13.4. The lowest BCUT2D eigenvalue weighted by Crippen LogP contribution is -2.35. The van der Waals surface area contributed by atoms with Gasteiger partial charge in [0.15, 0.2) is 0 Å². The molecular formula is C24H30N4O3S2. The van der Waals surface area contributed by atoms with Crippen molar-refractivity contribution in [2.75, 3.05) is 17.4 Å². The summed E-state index contributed by atoms with van der Waals surface area (Å²) in [4.78, 5) is 20.2. The summed E-state index contributed by atoms with van der Waals surface area (Å²) < 4.78 is 31.0. The Morgan fingerprint density at radius 3 is 2.55 bits per heavy atom. The van der Waals surface area contributed by atoms with Crippen molar-refractivity contribution < 1.29 is 13.2 Å². The standard InChI is InChI=1S/C24H30N4O3S2/c1-7-27(8-2)24(29)22-16(4)25-23(32-22)20-14-21(17(5)26(20)6)33(30,31)28-15(3)13-18-11-9-10-12-19(18)28/h9-12,14-15H,7-8,13H2,1-6H3/t15-/m0/s1. The van der Waals surface area contributed by atoms with Crippen molar-refractivity contribution in [3.63, 3.8) is 0 Å². The van der Waals surface area contributed by atoms with E-state index in [4.69, 9.17) is 0 Å². The Kier molecular flexibility index (Phi) is 6.13. The summed E-state index contributed by atoms with van der Waals surface area (Å²) in [6.45, 7) is 10.7. The van der Waals surface area contributed by atoms with Gasteiger partial charge in [-0.05, 0) is 58.7 Å². The summed E-state index contributed by atoms with van der Waals surface area (Å²) in [7, 11) is -1.93. The predicted molar refractivity (Wildman–Crippen MR) is 133 cm³/mol. The second-order valence-electron chi connectivity index (χ2n) is 8.43. The van der Waals surface area contributed by atoms with Crippen LogP contribution in [-0.4, -0.2) is 47.9 Å². The summed E-state index contributed by atoms with van der Waals surface area (Å²) >= 11 is 1.32. The van der Waals surface area contributed by atoms with Gasteiger partial charge in [0.25, 0.3) is 15.9 Å². The highest BCUT2D eigenvalue weighted by atomic mass is 32.2. The van der Waals surface area contributed by atoms with E-state index >= 15 is 0 Å². The fourth-order valence-corrected chi connectivity index (χ4v) is 7.56. The molecule has 1 atom stereocenters. The van der Waals surface area contributed by atoms with Crippen LogP contribution in [0.1, 0.15) is 47.4 Å². The Morgan fingerprint density at radius 1 is 1.21 bits per heavy atom. The van der Waals surface area contributed by atoms with Crippen molar-refractivity contribution in [1.29, 1.82) is 0 Å². The molecule has 1 aliphatic rings. The number of benzene rings is 1. The van der Waals surface area contributed by atoms with Gasteiger partial charge in [-0.15, -0.1) is 11.3 Å². The Hall–Kier alpha value is -2.65. The van der Waals surface area contributed by atoms with Crippen LogP contribution in [0.4, 0.5) is 5.69 Å². The number of carbonyl (C=O) groups is 1. The number of nitrogens with zero attached hydrogens (tertiary/aromatic N) is 4. The topological polar surface area (TPSA) is 75.5 Å². The average molecular weight is 487 g/mol. The van der Waals surface area contributed by atoms with Gasteiger partial charge < -0.3 is 9.47 Å². The fourth-order valence-electron chi connectivity index (χ4n) is 4.51. The summed E-state index contributed by atoms with van der Waals surface area (Å²) in [5.41, 5.74) is 3.78. The van der Waals surface area contributed by atoms with Gasteiger partial charge in [-0.2, -0.15) is 0 Å². The van der Waals surface area contributed by atoms with Crippen LogP contribution in [0.5, 0.6) is 0 Å². The molecule has 0 bridgehead atoms. The van der Waals surface area contributed by atoms with Gasteiger partial charge in [0.1, 0.15) is 14.8 Å². The minimum absolute atomic E-state index is 0.0393. The largest absolute Gasteiger partial charge is 0.345 e. The van der Waals surface area contributed by atoms with Crippen LogP contribution in [-0.2, 0) is 23.5 Å². The van der Waals surface area contributed by atoms with E-state index in [0.29, 0.717) is 46.5 Å².